The third-order valence-corrected chi connectivity index (χ3v) is 5.81. The lowest BCUT2D eigenvalue weighted by Gasteiger charge is -2.22. The van der Waals surface area contributed by atoms with E-state index in [1.807, 2.05) is 0 Å². The second-order valence-electron chi connectivity index (χ2n) is 7.83. The van der Waals surface area contributed by atoms with Crippen LogP contribution in [0, 0.1) is 12.0 Å². The predicted molar refractivity (Wildman–Crippen MR) is 141 cm³/mol. The zero-order valence-corrected chi connectivity index (χ0v) is 22.8. The Hall–Kier alpha value is -2.15. The standard InChI is InChI=1S/C14H17ClF3NO.C12H11ClF3N.ClH/c1-2-20-13(19)11(7-5-9-15)10-6-3-4-8-12(10)14(16,17)18;1-17-11(7-4-8-13)9-5-2-3-6-10(9)12(14,15)16;/h3-4,6,8,11,19H,2,5,7,9H2,1H3;2-3,5-6,11H,4,7-8H2;1H. The van der Waals surface area contributed by atoms with Crippen LogP contribution in [0.25, 0.3) is 4.85 Å². The van der Waals surface area contributed by atoms with Crippen LogP contribution >= 0.6 is 35.6 Å². The molecule has 0 bridgehead atoms. The molecule has 0 radical (unpaired) electrons. The molecule has 0 aliphatic heterocycles. The normalized spacial score (nSPS) is 12.7. The summed E-state index contributed by atoms with van der Waals surface area (Å²) < 4.78 is 82.4. The minimum Gasteiger partial charge on any atom is -0.481 e. The zero-order chi connectivity index (χ0) is 28.1. The topological polar surface area (TPSA) is 37.4 Å². The Morgan fingerprint density at radius 3 is 1.76 bits per heavy atom. The Labute approximate surface area is 235 Å². The molecule has 12 heteroatoms. The highest BCUT2D eigenvalue weighted by Gasteiger charge is 2.37. The first-order chi connectivity index (χ1) is 17.4. The van der Waals surface area contributed by atoms with Gasteiger partial charge in [0.2, 0.25) is 6.04 Å². The minimum atomic E-state index is -4.44. The number of rotatable bonds is 10. The van der Waals surface area contributed by atoms with E-state index in [9.17, 15) is 26.3 Å². The third-order valence-electron chi connectivity index (χ3n) is 5.28. The number of nitrogens with zero attached hydrogens (tertiary/aromatic N) is 1. The molecule has 0 aliphatic carbocycles. The molecule has 0 fully saturated rings. The molecule has 2 unspecified atom stereocenters. The monoisotopic (exact) mass is 604 g/mol. The predicted octanol–water partition coefficient (Wildman–Crippen LogP) is 9.93. The van der Waals surface area contributed by atoms with E-state index < -0.39 is 35.4 Å². The van der Waals surface area contributed by atoms with E-state index in [-0.39, 0.29) is 36.0 Å². The van der Waals surface area contributed by atoms with Crippen LogP contribution in [0.2, 0.25) is 0 Å². The van der Waals surface area contributed by atoms with Crippen molar-refractivity contribution in [2.24, 2.45) is 0 Å². The summed E-state index contributed by atoms with van der Waals surface area (Å²) in [5.74, 6) is -0.176. The van der Waals surface area contributed by atoms with Crippen molar-refractivity contribution in [1.29, 1.82) is 5.41 Å². The van der Waals surface area contributed by atoms with Crippen molar-refractivity contribution in [3.63, 3.8) is 0 Å². The minimum absolute atomic E-state index is 0. The van der Waals surface area contributed by atoms with Gasteiger partial charge in [0, 0.05) is 23.7 Å². The van der Waals surface area contributed by atoms with Crippen LogP contribution in [0.5, 0.6) is 0 Å². The number of nitrogens with one attached hydrogen (secondary N) is 1. The lowest BCUT2D eigenvalue weighted by Crippen LogP contribution is -2.20. The highest BCUT2D eigenvalue weighted by molar-refractivity contribution is 6.18. The maximum atomic E-state index is 13.0. The average molecular weight is 606 g/mol. The third kappa shape index (κ3) is 11.3. The quantitative estimate of drug-likeness (QED) is 0.0945. The number of hydrogen-bond donors (Lipinski definition) is 1. The van der Waals surface area contributed by atoms with Crippen LogP contribution in [0.15, 0.2) is 48.5 Å². The fourth-order valence-electron chi connectivity index (χ4n) is 3.63. The molecule has 38 heavy (non-hydrogen) atoms. The van der Waals surface area contributed by atoms with E-state index in [4.69, 9.17) is 39.9 Å². The maximum Gasteiger partial charge on any atom is 0.416 e. The van der Waals surface area contributed by atoms with Crippen molar-refractivity contribution in [2.75, 3.05) is 18.4 Å². The van der Waals surface area contributed by atoms with Crippen molar-refractivity contribution >= 4 is 41.5 Å². The van der Waals surface area contributed by atoms with Gasteiger partial charge in [-0.15, -0.1) is 35.6 Å². The summed E-state index contributed by atoms with van der Waals surface area (Å²) >= 11 is 11.1. The van der Waals surface area contributed by atoms with Gasteiger partial charge in [0.25, 0.3) is 0 Å². The Bertz CT molecular complexity index is 1030. The summed E-state index contributed by atoms with van der Waals surface area (Å²) in [5.41, 5.74) is -1.33. The van der Waals surface area contributed by atoms with Crippen LogP contribution in [-0.4, -0.2) is 24.3 Å². The highest BCUT2D eigenvalue weighted by Crippen LogP contribution is 2.38. The smallest absolute Gasteiger partial charge is 0.416 e. The molecule has 3 nitrogen and oxygen atoms in total. The summed E-state index contributed by atoms with van der Waals surface area (Å²) in [7, 11) is 0. The van der Waals surface area contributed by atoms with E-state index in [2.05, 4.69) is 4.85 Å². The first-order valence-electron chi connectivity index (χ1n) is 11.4. The highest BCUT2D eigenvalue weighted by atomic mass is 35.5. The molecule has 0 heterocycles. The SMILES string of the molecule is CCOC(=N)C(CCCCl)c1ccccc1C(F)(F)F.Cl.[C-]#[N+]C(CCCCl)c1ccccc1C(F)(F)F. The van der Waals surface area contributed by atoms with Gasteiger partial charge in [-0.3, -0.25) is 5.41 Å². The van der Waals surface area contributed by atoms with Gasteiger partial charge in [-0.05, 0) is 43.9 Å². The lowest BCUT2D eigenvalue weighted by molar-refractivity contribution is -0.139. The van der Waals surface area contributed by atoms with Crippen LogP contribution in [0.3, 0.4) is 0 Å². The molecule has 212 valence electrons. The first kappa shape index (κ1) is 35.9. The van der Waals surface area contributed by atoms with Gasteiger partial charge in [-0.1, -0.05) is 36.4 Å². The fraction of sp³-hybridized carbons (Fsp3) is 0.462. The molecule has 0 saturated carbocycles. The van der Waals surface area contributed by atoms with Crippen molar-refractivity contribution in [3.8, 4) is 0 Å². The number of halogens is 9. The van der Waals surface area contributed by atoms with Crippen molar-refractivity contribution in [3.05, 3.63) is 82.2 Å². The molecule has 2 rings (SSSR count). The molecule has 2 atom stereocenters. The van der Waals surface area contributed by atoms with E-state index in [1.165, 1.54) is 36.4 Å². The van der Waals surface area contributed by atoms with E-state index in [0.29, 0.717) is 37.4 Å². The first-order valence-corrected chi connectivity index (χ1v) is 12.5. The van der Waals surface area contributed by atoms with Crippen LogP contribution < -0.4 is 0 Å². The van der Waals surface area contributed by atoms with Gasteiger partial charge >= 0.3 is 12.4 Å². The number of alkyl halides is 8. The molecule has 1 N–H and O–H groups in total. The van der Waals surface area contributed by atoms with Gasteiger partial charge in [0.05, 0.1) is 23.7 Å². The number of hydrogen-bond acceptors (Lipinski definition) is 2. The molecular formula is C26H29Cl3F6N2O. The van der Waals surface area contributed by atoms with E-state index in [0.717, 1.165) is 12.1 Å². The Balaban J connectivity index is 0.000000711. The van der Waals surface area contributed by atoms with E-state index in [1.54, 1.807) is 6.92 Å². The summed E-state index contributed by atoms with van der Waals surface area (Å²) in [5, 5.41) is 7.83. The second-order valence-corrected chi connectivity index (χ2v) is 8.58. The van der Waals surface area contributed by atoms with Crippen molar-refractivity contribution in [2.45, 2.75) is 56.9 Å². The molecule has 2 aromatic rings. The lowest BCUT2D eigenvalue weighted by atomic mass is 9.90. The summed E-state index contributed by atoms with van der Waals surface area (Å²) in [4.78, 5) is 3.26. The summed E-state index contributed by atoms with van der Waals surface area (Å²) in [6.07, 6.45) is -7.10. The van der Waals surface area contributed by atoms with E-state index >= 15 is 0 Å². The average Bonchev–Trinajstić information content (AvgIpc) is 2.85. The molecule has 0 aliphatic rings. The maximum absolute atomic E-state index is 13.0. The molecule has 0 amide bonds. The fourth-order valence-corrected chi connectivity index (χ4v) is 3.94. The van der Waals surface area contributed by atoms with Gasteiger partial charge in [-0.2, -0.15) is 26.3 Å². The van der Waals surface area contributed by atoms with Crippen molar-refractivity contribution in [1.82, 2.24) is 0 Å². The number of ether oxygens (including phenoxy) is 1. The molecule has 0 saturated heterocycles. The zero-order valence-electron chi connectivity index (χ0n) is 20.5. The van der Waals surface area contributed by atoms with Crippen LogP contribution in [-0.2, 0) is 17.1 Å². The van der Waals surface area contributed by atoms with Crippen LogP contribution in [0.4, 0.5) is 26.3 Å². The Morgan fingerprint density at radius 1 is 0.868 bits per heavy atom. The number of benzene rings is 2. The molecule has 0 spiro atoms. The van der Waals surface area contributed by atoms with Crippen molar-refractivity contribution < 1.29 is 31.1 Å². The second kappa shape index (κ2) is 17.4. The Morgan fingerprint density at radius 2 is 1.32 bits per heavy atom. The van der Waals surface area contributed by atoms with Gasteiger partial charge in [0.15, 0.2) is 5.90 Å². The molecule has 2 aromatic carbocycles. The van der Waals surface area contributed by atoms with Gasteiger partial charge < -0.3 is 9.58 Å². The molecular weight excluding hydrogens is 577 g/mol. The summed E-state index contributed by atoms with van der Waals surface area (Å²) in [6.45, 7) is 8.94. The van der Waals surface area contributed by atoms with Gasteiger partial charge in [-0.25, -0.2) is 6.57 Å². The van der Waals surface area contributed by atoms with Crippen LogP contribution in [0.1, 0.15) is 66.8 Å². The Kier molecular flexibility index (Phi) is 16.5. The van der Waals surface area contributed by atoms with Gasteiger partial charge in [0.1, 0.15) is 0 Å². The molecule has 0 aromatic heterocycles. The summed E-state index contributed by atoms with van der Waals surface area (Å²) in [6, 6.07) is 9.75. The largest absolute Gasteiger partial charge is 0.481 e.